The largest absolute Gasteiger partial charge is 0.355 e. The highest BCUT2D eigenvalue weighted by Crippen LogP contribution is 2.33. The lowest BCUT2D eigenvalue weighted by molar-refractivity contribution is -0.122. The van der Waals surface area contributed by atoms with Gasteiger partial charge in [0.05, 0.1) is 11.4 Å². The summed E-state index contributed by atoms with van der Waals surface area (Å²) in [5.74, 6) is 0.894. The second-order valence-electron chi connectivity index (χ2n) is 9.42. The quantitative estimate of drug-likeness (QED) is 0.433. The molecule has 2 N–H and O–H groups in total. The van der Waals surface area contributed by atoms with Crippen LogP contribution < -0.4 is 10.6 Å². The van der Waals surface area contributed by atoms with Crippen LogP contribution in [0.15, 0.2) is 90.8 Å². The zero-order valence-corrected chi connectivity index (χ0v) is 21.4. The SMILES string of the molecule is O=C(NCCCN1CCC(=C(c2ccccc2)c2ccccc2)CC1)[C@H]1CSC(c2cccnc2)N1. The number of hydrogen-bond acceptors (Lipinski definition) is 5. The van der Waals surface area contributed by atoms with Crippen molar-refractivity contribution in [3.05, 3.63) is 107 Å². The molecule has 0 bridgehead atoms. The molecule has 2 fully saturated rings. The Morgan fingerprint density at radius 3 is 2.31 bits per heavy atom. The van der Waals surface area contributed by atoms with Crippen LogP contribution in [0.4, 0.5) is 0 Å². The Hall–Kier alpha value is -2.93. The number of piperidine rings is 1. The highest BCUT2D eigenvalue weighted by atomic mass is 32.2. The van der Waals surface area contributed by atoms with Gasteiger partial charge in [0, 0.05) is 37.8 Å². The number of amides is 1. The number of carbonyl (C=O) groups excluding carboxylic acids is 1. The minimum atomic E-state index is -0.141. The molecule has 0 spiro atoms. The Morgan fingerprint density at radius 2 is 1.67 bits per heavy atom. The number of thioether (sulfide) groups is 1. The summed E-state index contributed by atoms with van der Waals surface area (Å²) < 4.78 is 0. The van der Waals surface area contributed by atoms with Crippen molar-refractivity contribution in [2.24, 2.45) is 0 Å². The molecule has 186 valence electrons. The van der Waals surface area contributed by atoms with Crippen LogP contribution in [0.5, 0.6) is 0 Å². The van der Waals surface area contributed by atoms with Gasteiger partial charge in [0.25, 0.3) is 0 Å². The monoisotopic (exact) mass is 498 g/mol. The molecule has 1 amide bonds. The summed E-state index contributed by atoms with van der Waals surface area (Å²) in [6.45, 7) is 3.88. The summed E-state index contributed by atoms with van der Waals surface area (Å²) in [7, 11) is 0. The predicted octanol–water partition coefficient (Wildman–Crippen LogP) is 4.89. The number of likely N-dealkylation sites (tertiary alicyclic amines) is 1. The maximum absolute atomic E-state index is 12.6. The van der Waals surface area contributed by atoms with Crippen molar-refractivity contribution in [2.45, 2.75) is 30.7 Å². The molecule has 2 aliphatic heterocycles. The molecule has 5 nitrogen and oxygen atoms in total. The topological polar surface area (TPSA) is 57.3 Å². The fourth-order valence-electron chi connectivity index (χ4n) is 5.06. The zero-order valence-electron chi connectivity index (χ0n) is 20.6. The van der Waals surface area contributed by atoms with Gasteiger partial charge in [0.2, 0.25) is 5.91 Å². The molecular weight excluding hydrogens is 464 g/mol. The van der Waals surface area contributed by atoms with Crippen molar-refractivity contribution in [3.8, 4) is 0 Å². The summed E-state index contributed by atoms with van der Waals surface area (Å²) >= 11 is 1.77. The molecule has 2 saturated heterocycles. The maximum Gasteiger partial charge on any atom is 0.238 e. The first-order valence-corrected chi connectivity index (χ1v) is 13.9. The highest BCUT2D eigenvalue weighted by molar-refractivity contribution is 7.99. The van der Waals surface area contributed by atoms with Gasteiger partial charge in [-0.05, 0) is 54.1 Å². The third-order valence-electron chi connectivity index (χ3n) is 6.97. The maximum atomic E-state index is 12.6. The van der Waals surface area contributed by atoms with Gasteiger partial charge in [-0.1, -0.05) is 72.3 Å². The first kappa shape index (κ1) is 24.8. The van der Waals surface area contributed by atoms with Crippen LogP contribution in [0.25, 0.3) is 5.57 Å². The number of hydrogen-bond donors (Lipinski definition) is 2. The van der Waals surface area contributed by atoms with E-state index in [0.29, 0.717) is 0 Å². The number of carbonyl (C=O) groups is 1. The Kier molecular flexibility index (Phi) is 8.49. The van der Waals surface area contributed by atoms with Crippen molar-refractivity contribution in [3.63, 3.8) is 0 Å². The first-order chi connectivity index (χ1) is 17.8. The third-order valence-corrected chi connectivity index (χ3v) is 8.24. The normalized spacial score (nSPS) is 20.3. The number of aromatic nitrogens is 1. The van der Waals surface area contributed by atoms with Gasteiger partial charge in [-0.2, -0.15) is 0 Å². The number of benzene rings is 2. The van der Waals surface area contributed by atoms with Gasteiger partial charge >= 0.3 is 0 Å². The summed E-state index contributed by atoms with van der Waals surface area (Å²) in [5, 5.41) is 6.72. The lowest BCUT2D eigenvalue weighted by Gasteiger charge is -2.30. The Morgan fingerprint density at radius 1 is 0.972 bits per heavy atom. The van der Waals surface area contributed by atoms with Crippen LogP contribution >= 0.6 is 11.8 Å². The van der Waals surface area contributed by atoms with Gasteiger partial charge in [0.1, 0.15) is 0 Å². The van der Waals surface area contributed by atoms with Gasteiger partial charge in [0.15, 0.2) is 0 Å². The Bertz CT molecular complexity index is 1100. The van der Waals surface area contributed by atoms with Crippen molar-refractivity contribution in [2.75, 3.05) is 31.9 Å². The second kappa shape index (κ2) is 12.3. The fourth-order valence-corrected chi connectivity index (χ4v) is 6.29. The lowest BCUT2D eigenvalue weighted by atomic mass is 9.88. The molecule has 1 aromatic heterocycles. The smallest absolute Gasteiger partial charge is 0.238 e. The second-order valence-corrected chi connectivity index (χ2v) is 10.6. The molecular formula is C30H34N4OS. The zero-order chi connectivity index (χ0) is 24.6. The van der Waals surface area contributed by atoms with E-state index in [1.165, 1.54) is 16.7 Å². The van der Waals surface area contributed by atoms with E-state index in [1.54, 1.807) is 23.5 Å². The van der Waals surface area contributed by atoms with Gasteiger partial charge < -0.3 is 10.2 Å². The molecule has 36 heavy (non-hydrogen) atoms. The summed E-state index contributed by atoms with van der Waals surface area (Å²) in [6.07, 6.45) is 6.79. The van der Waals surface area contributed by atoms with Crippen molar-refractivity contribution in [1.29, 1.82) is 0 Å². The van der Waals surface area contributed by atoms with E-state index in [2.05, 4.69) is 87.2 Å². The minimum Gasteiger partial charge on any atom is -0.355 e. The number of nitrogens with one attached hydrogen (secondary N) is 2. The molecule has 2 aliphatic rings. The van der Waals surface area contributed by atoms with Crippen LogP contribution in [0.2, 0.25) is 0 Å². The Balaban J connectivity index is 1.08. The van der Waals surface area contributed by atoms with Crippen LogP contribution in [0.1, 0.15) is 41.3 Å². The van der Waals surface area contributed by atoms with Crippen LogP contribution in [-0.4, -0.2) is 53.8 Å². The average Bonchev–Trinajstić information content (AvgIpc) is 3.44. The number of nitrogens with zero attached hydrogens (tertiary/aromatic N) is 2. The summed E-state index contributed by atoms with van der Waals surface area (Å²) in [5.41, 5.74) is 6.68. The molecule has 2 atom stereocenters. The molecule has 0 saturated carbocycles. The number of pyridine rings is 1. The summed E-state index contributed by atoms with van der Waals surface area (Å²) in [6, 6.07) is 25.4. The molecule has 3 aromatic rings. The fraction of sp³-hybridized carbons (Fsp3) is 0.333. The highest BCUT2D eigenvalue weighted by Gasteiger charge is 2.30. The van der Waals surface area contributed by atoms with Crippen molar-refractivity contribution < 1.29 is 4.79 Å². The van der Waals surface area contributed by atoms with E-state index in [4.69, 9.17) is 0 Å². The van der Waals surface area contributed by atoms with Crippen LogP contribution in [0.3, 0.4) is 0 Å². The van der Waals surface area contributed by atoms with E-state index in [9.17, 15) is 4.79 Å². The molecule has 3 heterocycles. The average molecular weight is 499 g/mol. The van der Waals surface area contributed by atoms with Crippen molar-refractivity contribution in [1.82, 2.24) is 20.5 Å². The minimum absolute atomic E-state index is 0.105. The molecule has 5 rings (SSSR count). The predicted molar refractivity (Wildman–Crippen MR) is 149 cm³/mol. The molecule has 0 radical (unpaired) electrons. The van der Waals surface area contributed by atoms with Gasteiger partial charge in [-0.15, -0.1) is 11.8 Å². The lowest BCUT2D eigenvalue weighted by Crippen LogP contribution is -2.43. The standard InChI is InChI=1S/C30H34N4OS/c35-29(27-22-36-30(33-27)26-13-7-16-31-21-26)32-17-8-18-34-19-14-25(15-20-34)28(23-9-3-1-4-10-23)24-11-5-2-6-12-24/h1-7,9-13,16,21,27,30,33H,8,14-15,17-20,22H2,(H,32,35)/t27-,30?/m1/s1. The van der Waals surface area contributed by atoms with E-state index < -0.39 is 0 Å². The summed E-state index contributed by atoms with van der Waals surface area (Å²) in [4.78, 5) is 19.4. The molecule has 6 heteroatoms. The van der Waals surface area contributed by atoms with Gasteiger partial charge in [-0.3, -0.25) is 15.1 Å². The first-order valence-electron chi connectivity index (χ1n) is 12.9. The van der Waals surface area contributed by atoms with E-state index >= 15 is 0 Å². The Labute approximate surface area is 218 Å². The third kappa shape index (κ3) is 6.25. The number of rotatable bonds is 8. The van der Waals surface area contributed by atoms with E-state index in [1.807, 2.05) is 12.3 Å². The van der Waals surface area contributed by atoms with Crippen LogP contribution in [-0.2, 0) is 4.79 Å². The van der Waals surface area contributed by atoms with E-state index in [-0.39, 0.29) is 17.3 Å². The molecule has 0 aliphatic carbocycles. The van der Waals surface area contributed by atoms with Crippen molar-refractivity contribution >= 4 is 23.2 Å². The van der Waals surface area contributed by atoms with E-state index in [0.717, 1.165) is 56.8 Å². The van der Waals surface area contributed by atoms with Crippen LogP contribution in [0, 0.1) is 0 Å². The molecule has 2 aromatic carbocycles. The molecule has 1 unspecified atom stereocenters. The van der Waals surface area contributed by atoms with Gasteiger partial charge in [-0.25, -0.2) is 0 Å².